The largest absolute Gasteiger partial charge is 0.497 e. The molecule has 1 atom stereocenters. The lowest BCUT2D eigenvalue weighted by Crippen LogP contribution is -2.23. The van der Waals surface area contributed by atoms with Crippen molar-refractivity contribution in [2.24, 2.45) is 0 Å². The lowest BCUT2D eigenvalue weighted by Gasteiger charge is -2.20. The molecule has 0 saturated carbocycles. The molecule has 1 aliphatic heterocycles. The summed E-state index contributed by atoms with van der Waals surface area (Å²) in [5, 5.41) is 3.32. The molecule has 116 valence electrons. The first kappa shape index (κ1) is 15.7. The van der Waals surface area contributed by atoms with Crippen LogP contribution in [0.1, 0.15) is 25.3 Å². The van der Waals surface area contributed by atoms with Gasteiger partial charge in [0.15, 0.2) is 0 Å². The van der Waals surface area contributed by atoms with Crippen molar-refractivity contribution in [2.75, 3.05) is 22.3 Å². The molecule has 0 saturated heterocycles. The zero-order valence-corrected chi connectivity index (χ0v) is 13.2. The molecule has 0 bridgehead atoms. The fraction of sp³-hybridized carbons (Fsp3) is 0.467. The highest BCUT2D eigenvalue weighted by Gasteiger charge is 2.12. The maximum absolute atomic E-state index is 11.6. The molecule has 0 spiro atoms. The van der Waals surface area contributed by atoms with Gasteiger partial charge in [-0.2, -0.15) is 0 Å². The van der Waals surface area contributed by atoms with Crippen molar-refractivity contribution in [3.63, 3.8) is 0 Å². The van der Waals surface area contributed by atoms with Crippen LogP contribution in [0.25, 0.3) is 0 Å². The van der Waals surface area contributed by atoms with Gasteiger partial charge in [0.05, 0.1) is 24.2 Å². The van der Waals surface area contributed by atoms with Gasteiger partial charge in [-0.05, 0) is 56.5 Å². The average molecular weight is 310 g/mol. The second-order valence-corrected chi connectivity index (χ2v) is 7.13. The van der Waals surface area contributed by atoms with E-state index in [1.54, 1.807) is 19.3 Å². The van der Waals surface area contributed by atoms with E-state index in [-0.39, 0.29) is 11.9 Å². The summed E-state index contributed by atoms with van der Waals surface area (Å²) in [6.07, 6.45) is 6.02. The Balaban J connectivity index is 1.97. The molecule has 1 unspecified atom stereocenters. The molecule has 5 nitrogen and oxygen atoms in total. The third-order valence-corrected chi connectivity index (χ3v) is 4.72. The Kier molecular flexibility index (Phi) is 5.12. The first-order chi connectivity index (χ1) is 10.00. The Hall–Kier alpha value is -1.69. The lowest BCUT2D eigenvalue weighted by atomic mass is 10.1. The summed E-state index contributed by atoms with van der Waals surface area (Å²) in [5.74, 6) is 0.0684. The Morgan fingerprint density at radius 3 is 2.81 bits per heavy atom. The summed E-state index contributed by atoms with van der Waals surface area (Å²) in [7, 11) is -3.24. The van der Waals surface area contributed by atoms with E-state index in [9.17, 15) is 8.42 Å². The first-order valence-electron chi connectivity index (χ1n) is 7.15. The number of benzene rings is 1. The van der Waals surface area contributed by atoms with Gasteiger partial charge in [-0.1, -0.05) is 0 Å². The number of rotatable bonds is 6. The van der Waals surface area contributed by atoms with Gasteiger partial charge >= 0.3 is 0 Å². The minimum absolute atomic E-state index is 0.0684. The Morgan fingerprint density at radius 1 is 1.38 bits per heavy atom. The van der Waals surface area contributed by atoms with Crippen LogP contribution in [-0.2, 0) is 14.8 Å². The van der Waals surface area contributed by atoms with Crippen LogP contribution in [0.15, 0.2) is 30.5 Å². The molecular formula is C15H22N2O3S. The van der Waals surface area contributed by atoms with E-state index in [1.807, 2.05) is 25.1 Å². The van der Waals surface area contributed by atoms with Crippen LogP contribution in [-0.4, -0.2) is 26.8 Å². The fourth-order valence-corrected chi connectivity index (χ4v) is 2.80. The van der Waals surface area contributed by atoms with E-state index >= 15 is 0 Å². The molecule has 0 fully saturated rings. The number of allylic oxidation sites excluding steroid dienone is 1. The van der Waals surface area contributed by atoms with Crippen molar-refractivity contribution in [3.8, 4) is 0 Å². The van der Waals surface area contributed by atoms with Crippen LogP contribution in [0.2, 0.25) is 0 Å². The summed E-state index contributed by atoms with van der Waals surface area (Å²) >= 11 is 0. The molecule has 6 heteroatoms. The summed E-state index contributed by atoms with van der Waals surface area (Å²) in [4.78, 5) is 0. The zero-order chi connectivity index (χ0) is 15.3. The summed E-state index contributed by atoms with van der Waals surface area (Å²) in [5.41, 5.74) is 2.48. The zero-order valence-electron chi connectivity index (χ0n) is 12.4. The third kappa shape index (κ3) is 4.67. The van der Waals surface area contributed by atoms with Gasteiger partial charge in [0.2, 0.25) is 10.0 Å². The van der Waals surface area contributed by atoms with Crippen LogP contribution < -0.4 is 10.0 Å². The topological polar surface area (TPSA) is 67.4 Å². The normalized spacial score (nSPS) is 18.1. The number of hydrogen-bond donors (Lipinski definition) is 2. The van der Waals surface area contributed by atoms with Gasteiger partial charge in [0.25, 0.3) is 0 Å². The Bertz CT molecular complexity index is 611. The maximum atomic E-state index is 11.6. The second-order valence-electron chi connectivity index (χ2n) is 5.12. The van der Waals surface area contributed by atoms with Crippen molar-refractivity contribution >= 4 is 21.4 Å². The molecule has 0 amide bonds. The number of ether oxygens (including phenoxy) is 1. The number of aryl methyl sites for hydroxylation is 1. The molecule has 2 N–H and O–H groups in total. The summed E-state index contributed by atoms with van der Waals surface area (Å²) in [6, 6.07) is 5.60. The highest BCUT2D eigenvalue weighted by atomic mass is 32.2. The predicted octanol–water partition coefficient (Wildman–Crippen LogP) is 2.86. The van der Waals surface area contributed by atoms with Gasteiger partial charge in [0.1, 0.15) is 6.10 Å². The summed E-state index contributed by atoms with van der Waals surface area (Å²) < 4.78 is 31.3. The molecule has 0 aliphatic carbocycles. The fourth-order valence-electron chi connectivity index (χ4n) is 2.09. The first-order valence-corrected chi connectivity index (χ1v) is 8.81. The molecule has 0 aromatic heterocycles. The molecule has 1 heterocycles. The second kappa shape index (κ2) is 6.85. The van der Waals surface area contributed by atoms with E-state index in [1.165, 1.54) is 0 Å². The summed E-state index contributed by atoms with van der Waals surface area (Å²) in [6.45, 7) is 4.24. The number of nitrogens with one attached hydrogen (secondary N) is 2. The van der Waals surface area contributed by atoms with E-state index in [2.05, 4.69) is 10.0 Å². The van der Waals surface area contributed by atoms with Crippen molar-refractivity contribution < 1.29 is 13.2 Å². The monoisotopic (exact) mass is 310 g/mol. The molecule has 0 radical (unpaired) electrons. The van der Waals surface area contributed by atoms with Gasteiger partial charge in [0, 0.05) is 5.69 Å². The average Bonchev–Trinajstić information content (AvgIpc) is 2.49. The third-order valence-electron chi connectivity index (χ3n) is 3.43. The van der Waals surface area contributed by atoms with Crippen molar-refractivity contribution in [1.82, 2.24) is 0 Å². The highest BCUT2D eigenvalue weighted by Crippen LogP contribution is 2.21. The molecule has 1 aliphatic rings. The Labute approximate surface area is 126 Å². The standard InChI is InChI=1S/C15H22N2O3S/c1-3-21(18,19)17-15-8-7-13(10-12(15)2)16-11-14-6-4-5-9-20-14/h5,7-10,14,16-17H,3-4,6,11H2,1-2H3. The van der Waals surface area contributed by atoms with E-state index in [4.69, 9.17) is 4.74 Å². The van der Waals surface area contributed by atoms with E-state index in [0.29, 0.717) is 5.69 Å². The van der Waals surface area contributed by atoms with Crippen LogP contribution in [0.3, 0.4) is 0 Å². The number of anilines is 2. The minimum Gasteiger partial charge on any atom is -0.497 e. The maximum Gasteiger partial charge on any atom is 0.232 e. The van der Waals surface area contributed by atoms with Crippen LogP contribution >= 0.6 is 0 Å². The SMILES string of the molecule is CCS(=O)(=O)Nc1ccc(NCC2CCC=CO2)cc1C. The highest BCUT2D eigenvalue weighted by molar-refractivity contribution is 7.92. The van der Waals surface area contributed by atoms with Gasteiger partial charge < -0.3 is 10.1 Å². The van der Waals surface area contributed by atoms with Crippen LogP contribution in [0.5, 0.6) is 0 Å². The van der Waals surface area contributed by atoms with Crippen LogP contribution in [0, 0.1) is 6.92 Å². The van der Waals surface area contributed by atoms with Crippen molar-refractivity contribution in [3.05, 3.63) is 36.1 Å². The molecule has 2 rings (SSSR count). The molecule has 1 aromatic carbocycles. The van der Waals surface area contributed by atoms with Gasteiger partial charge in [-0.3, -0.25) is 4.72 Å². The lowest BCUT2D eigenvalue weighted by molar-refractivity contribution is 0.135. The quantitative estimate of drug-likeness (QED) is 0.848. The van der Waals surface area contributed by atoms with Gasteiger partial charge in [-0.15, -0.1) is 0 Å². The van der Waals surface area contributed by atoms with E-state index < -0.39 is 10.0 Å². The molecule has 21 heavy (non-hydrogen) atoms. The predicted molar refractivity (Wildman–Crippen MR) is 86.0 cm³/mol. The Morgan fingerprint density at radius 2 is 2.19 bits per heavy atom. The van der Waals surface area contributed by atoms with Crippen molar-refractivity contribution in [2.45, 2.75) is 32.8 Å². The van der Waals surface area contributed by atoms with E-state index in [0.717, 1.165) is 30.6 Å². The van der Waals surface area contributed by atoms with Crippen LogP contribution in [0.4, 0.5) is 11.4 Å². The smallest absolute Gasteiger partial charge is 0.232 e. The van der Waals surface area contributed by atoms with Crippen molar-refractivity contribution in [1.29, 1.82) is 0 Å². The number of hydrogen-bond acceptors (Lipinski definition) is 4. The molecule has 1 aromatic rings. The number of sulfonamides is 1. The molecular weight excluding hydrogens is 288 g/mol. The van der Waals surface area contributed by atoms with Gasteiger partial charge in [-0.25, -0.2) is 8.42 Å². The minimum atomic E-state index is -3.24.